The zero-order valence-electron chi connectivity index (χ0n) is 12.0. The highest BCUT2D eigenvalue weighted by Crippen LogP contribution is 2.21. The third kappa shape index (κ3) is 4.50. The Hall–Kier alpha value is -1.47. The number of nitrogens with zero attached hydrogens (tertiary/aromatic N) is 3. The van der Waals surface area contributed by atoms with Gasteiger partial charge in [-0.05, 0) is 40.5 Å². The summed E-state index contributed by atoms with van der Waals surface area (Å²) in [5.74, 6) is 0.562. The number of amides is 1. The average molecular weight is 369 g/mol. The van der Waals surface area contributed by atoms with Gasteiger partial charge in [-0.2, -0.15) is 0 Å². The third-order valence-electron chi connectivity index (χ3n) is 2.80. The van der Waals surface area contributed by atoms with Gasteiger partial charge in [-0.15, -0.1) is 21.5 Å². The van der Waals surface area contributed by atoms with E-state index in [1.807, 2.05) is 11.4 Å². The minimum Gasteiger partial charge on any atom is -0.369 e. The van der Waals surface area contributed by atoms with Crippen molar-refractivity contribution in [3.05, 3.63) is 38.6 Å². The first kappa shape index (κ1) is 15.9. The fourth-order valence-corrected chi connectivity index (χ4v) is 3.23. The van der Waals surface area contributed by atoms with Crippen molar-refractivity contribution in [2.75, 3.05) is 18.9 Å². The molecule has 0 atom stereocenters. The maximum atomic E-state index is 12.3. The quantitative estimate of drug-likeness (QED) is 0.848. The van der Waals surface area contributed by atoms with Gasteiger partial charge in [0.25, 0.3) is 5.91 Å². The average Bonchev–Trinajstić information content (AvgIpc) is 2.90. The number of nitrogens with one attached hydrogen (secondary N) is 1. The summed E-state index contributed by atoms with van der Waals surface area (Å²) in [6, 6.07) is 5.50. The van der Waals surface area contributed by atoms with Gasteiger partial charge in [-0.1, -0.05) is 6.92 Å². The number of rotatable bonds is 6. The summed E-state index contributed by atoms with van der Waals surface area (Å²) < 4.78 is 1.04. The fourth-order valence-electron chi connectivity index (χ4n) is 1.73. The maximum Gasteiger partial charge on any atom is 0.274 e. The monoisotopic (exact) mass is 368 g/mol. The topological polar surface area (TPSA) is 58.1 Å². The predicted molar refractivity (Wildman–Crippen MR) is 88.6 cm³/mol. The van der Waals surface area contributed by atoms with Crippen molar-refractivity contribution in [2.24, 2.45) is 0 Å². The molecule has 0 radical (unpaired) electrons. The van der Waals surface area contributed by atoms with Gasteiger partial charge in [0, 0.05) is 28.3 Å². The molecule has 7 heteroatoms. The highest BCUT2D eigenvalue weighted by molar-refractivity contribution is 9.10. The number of aromatic nitrogens is 2. The SMILES string of the molecule is CCCNc1ccc(C(=O)N(C)Cc2cc(Br)cs2)nn1. The zero-order chi connectivity index (χ0) is 15.2. The molecule has 0 fully saturated rings. The van der Waals surface area contributed by atoms with E-state index in [0.29, 0.717) is 18.1 Å². The molecule has 21 heavy (non-hydrogen) atoms. The largest absolute Gasteiger partial charge is 0.369 e. The van der Waals surface area contributed by atoms with E-state index in [2.05, 4.69) is 38.4 Å². The van der Waals surface area contributed by atoms with E-state index < -0.39 is 0 Å². The second-order valence-corrected chi connectivity index (χ2v) is 6.53. The molecule has 0 aliphatic carbocycles. The standard InChI is InChI=1S/C14H17BrN4OS/c1-3-6-16-13-5-4-12(17-18-13)14(20)19(2)8-11-7-10(15)9-21-11/h4-5,7,9H,3,6,8H2,1-2H3,(H,16,18). The van der Waals surface area contributed by atoms with Crippen LogP contribution in [-0.4, -0.2) is 34.6 Å². The second kappa shape index (κ2) is 7.51. The van der Waals surface area contributed by atoms with Crippen LogP contribution in [0.5, 0.6) is 0 Å². The second-order valence-electron chi connectivity index (χ2n) is 4.62. The summed E-state index contributed by atoms with van der Waals surface area (Å²) in [6.45, 7) is 3.48. The first-order chi connectivity index (χ1) is 10.1. The van der Waals surface area contributed by atoms with E-state index in [9.17, 15) is 4.79 Å². The lowest BCUT2D eigenvalue weighted by Crippen LogP contribution is -2.27. The molecule has 2 aromatic heterocycles. The first-order valence-corrected chi connectivity index (χ1v) is 8.33. The molecule has 0 unspecified atom stereocenters. The van der Waals surface area contributed by atoms with Crippen molar-refractivity contribution in [2.45, 2.75) is 19.9 Å². The summed E-state index contributed by atoms with van der Waals surface area (Å²) in [4.78, 5) is 15.0. The van der Waals surface area contributed by atoms with Crippen LogP contribution in [0.25, 0.3) is 0 Å². The van der Waals surface area contributed by atoms with Crippen LogP contribution in [0.15, 0.2) is 28.1 Å². The summed E-state index contributed by atoms with van der Waals surface area (Å²) in [5.41, 5.74) is 0.357. The van der Waals surface area contributed by atoms with Crippen LogP contribution in [0.2, 0.25) is 0 Å². The van der Waals surface area contributed by atoms with E-state index in [-0.39, 0.29) is 5.91 Å². The number of hydrogen-bond acceptors (Lipinski definition) is 5. The number of halogens is 1. The predicted octanol–water partition coefficient (Wildman–Crippen LogP) is 3.39. The van der Waals surface area contributed by atoms with Gasteiger partial charge in [-0.3, -0.25) is 4.79 Å². The molecule has 0 saturated carbocycles. The molecule has 2 rings (SSSR count). The minimum atomic E-state index is -0.130. The van der Waals surface area contributed by atoms with Crippen LogP contribution in [0.3, 0.4) is 0 Å². The Bertz CT molecular complexity index is 599. The van der Waals surface area contributed by atoms with Gasteiger partial charge >= 0.3 is 0 Å². The molecule has 0 bridgehead atoms. The van der Waals surface area contributed by atoms with E-state index >= 15 is 0 Å². The molecule has 0 spiro atoms. The molecule has 0 aliphatic heterocycles. The highest BCUT2D eigenvalue weighted by Gasteiger charge is 2.14. The lowest BCUT2D eigenvalue weighted by atomic mass is 10.3. The molecule has 1 amide bonds. The molecule has 2 heterocycles. The van der Waals surface area contributed by atoms with Gasteiger partial charge in [0.15, 0.2) is 5.69 Å². The number of anilines is 1. The van der Waals surface area contributed by atoms with Crippen molar-refractivity contribution in [1.82, 2.24) is 15.1 Å². The van der Waals surface area contributed by atoms with Crippen LogP contribution >= 0.6 is 27.3 Å². The Morgan fingerprint density at radius 1 is 1.43 bits per heavy atom. The zero-order valence-corrected chi connectivity index (χ0v) is 14.4. The summed E-state index contributed by atoms with van der Waals surface area (Å²) in [7, 11) is 1.76. The van der Waals surface area contributed by atoms with Crippen LogP contribution < -0.4 is 5.32 Å². The van der Waals surface area contributed by atoms with E-state index in [1.54, 1.807) is 35.4 Å². The number of carbonyl (C=O) groups is 1. The Labute approximate surface area is 136 Å². The van der Waals surface area contributed by atoms with E-state index in [4.69, 9.17) is 0 Å². The van der Waals surface area contributed by atoms with Crippen LogP contribution in [0.4, 0.5) is 5.82 Å². The summed E-state index contributed by atoms with van der Waals surface area (Å²) in [6.07, 6.45) is 1.02. The van der Waals surface area contributed by atoms with Crippen molar-refractivity contribution in [1.29, 1.82) is 0 Å². The van der Waals surface area contributed by atoms with Crippen molar-refractivity contribution in [3.8, 4) is 0 Å². The van der Waals surface area contributed by atoms with Crippen molar-refractivity contribution < 1.29 is 4.79 Å². The fraction of sp³-hybridized carbons (Fsp3) is 0.357. The Kier molecular flexibility index (Phi) is 5.69. The minimum absolute atomic E-state index is 0.130. The molecule has 1 N–H and O–H groups in total. The van der Waals surface area contributed by atoms with Gasteiger partial charge in [0.1, 0.15) is 5.82 Å². The first-order valence-electron chi connectivity index (χ1n) is 6.66. The van der Waals surface area contributed by atoms with Crippen LogP contribution in [0.1, 0.15) is 28.7 Å². The van der Waals surface area contributed by atoms with Gasteiger partial charge < -0.3 is 10.2 Å². The lowest BCUT2D eigenvalue weighted by molar-refractivity contribution is 0.0779. The van der Waals surface area contributed by atoms with E-state index in [0.717, 1.165) is 22.3 Å². The van der Waals surface area contributed by atoms with Gasteiger partial charge in [0.05, 0.1) is 6.54 Å². The van der Waals surface area contributed by atoms with Gasteiger partial charge in [-0.25, -0.2) is 0 Å². The Balaban J connectivity index is 1.98. The van der Waals surface area contributed by atoms with Crippen LogP contribution in [0, 0.1) is 0 Å². The third-order valence-corrected chi connectivity index (χ3v) is 4.48. The van der Waals surface area contributed by atoms with Gasteiger partial charge in [0.2, 0.25) is 0 Å². The molecular formula is C14H17BrN4OS. The maximum absolute atomic E-state index is 12.3. The summed E-state index contributed by atoms with van der Waals surface area (Å²) in [5, 5.41) is 13.1. The van der Waals surface area contributed by atoms with Crippen molar-refractivity contribution in [3.63, 3.8) is 0 Å². The molecule has 5 nitrogen and oxygen atoms in total. The number of hydrogen-bond donors (Lipinski definition) is 1. The number of carbonyl (C=O) groups excluding carboxylic acids is 1. The van der Waals surface area contributed by atoms with Crippen LogP contribution in [-0.2, 0) is 6.54 Å². The highest BCUT2D eigenvalue weighted by atomic mass is 79.9. The van der Waals surface area contributed by atoms with E-state index in [1.165, 1.54) is 0 Å². The molecule has 2 aromatic rings. The Morgan fingerprint density at radius 3 is 2.81 bits per heavy atom. The molecule has 0 aliphatic rings. The smallest absolute Gasteiger partial charge is 0.274 e. The Morgan fingerprint density at radius 2 is 2.24 bits per heavy atom. The lowest BCUT2D eigenvalue weighted by Gasteiger charge is -2.15. The van der Waals surface area contributed by atoms with Crippen molar-refractivity contribution >= 4 is 39.0 Å². The molecule has 0 saturated heterocycles. The molecule has 0 aromatic carbocycles. The molecule has 112 valence electrons. The molecular weight excluding hydrogens is 352 g/mol. The number of thiophene rings is 1. The normalized spacial score (nSPS) is 10.4. The summed E-state index contributed by atoms with van der Waals surface area (Å²) >= 11 is 5.03.